The lowest BCUT2D eigenvalue weighted by atomic mass is 9.85. The summed E-state index contributed by atoms with van der Waals surface area (Å²) in [5.41, 5.74) is 0.280. The number of aliphatic hydroxyl groups is 3. The zero-order valence-electron chi connectivity index (χ0n) is 18.4. The van der Waals surface area contributed by atoms with Crippen LogP contribution in [0.15, 0.2) is 58.0 Å². The lowest BCUT2D eigenvalue weighted by Crippen LogP contribution is -2.56. The molecule has 1 aliphatic rings. The first-order valence-electron chi connectivity index (χ1n) is 10.8. The topological polar surface area (TPSA) is 121 Å². The van der Waals surface area contributed by atoms with Gasteiger partial charge >= 0.3 is 0 Å². The van der Waals surface area contributed by atoms with E-state index in [1.807, 2.05) is 24.3 Å². The molecule has 0 aliphatic carbocycles. The molecule has 1 aliphatic heterocycles. The SMILES string of the molecule is C[C@H]1OC(c2ccc(OCCCO)cc2)=N[C@@]1(Cc1ccccc1Br)C(=O)NC(CO)CO. The maximum absolute atomic E-state index is 13.4. The smallest absolute Gasteiger partial charge is 0.252 e. The molecular formula is C24H29BrN2O6. The number of rotatable bonds is 11. The summed E-state index contributed by atoms with van der Waals surface area (Å²) in [4.78, 5) is 18.2. The molecule has 2 atom stereocenters. The maximum Gasteiger partial charge on any atom is 0.252 e. The summed E-state index contributed by atoms with van der Waals surface area (Å²) in [6.45, 7) is 1.48. The average molecular weight is 521 g/mol. The number of halogens is 1. The van der Waals surface area contributed by atoms with Gasteiger partial charge in [-0.3, -0.25) is 4.79 Å². The van der Waals surface area contributed by atoms with Gasteiger partial charge < -0.3 is 30.1 Å². The number of benzene rings is 2. The highest BCUT2D eigenvalue weighted by atomic mass is 79.9. The zero-order valence-corrected chi connectivity index (χ0v) is 20.0. The zero-order chi connectivity index (χ0) is 23.8. The fourth-order valence-electron chi connectivity index (χ4n) is 3.53. The minimum absolute atomic E-state index is 0.0652. The van der Waals surface area contributed by atoms with Crippen molar-refractivity contribution in [2.45, 2.75) is 37.5 Å². The van der Waals surface area contributed by atoms with Crippen LogP contribution in [0.25, 0.3) is 0 Å². The molecule has 33 heavy (non-hydrogen) atoms. The molecule has 0 spiro atoms. The number of ether oxygens (including phenoxy) is 2. The number of hydrogen-bond acceptors (Lipinski definition) is 7. The first-order valence-corrected chi connectivity index (χ1v) is 11.6. The number of carbonyl (C=O) groups is 1. The summed E-state index contributed by atoms with van der Waals surface area (Å²) in [5.74, 6) is 0.554. The van der Waals surface area contributed by atoms with E-state index in [4.69, 9.17) is 19.6 Å². The molecule has 1 amide bonds. The van der Waals surface area contributed by atoms with Crippen molar-refractivity contribution < 1.29 is 29.6 Å². The molecule has 0 fully saturated rings. The molecule has 9 heteroatoms. The molecule has 0 aromatic heterocycles. The Morgan fingerprint density at radius 1 is 1.18 bits per heavy atom. The fourth-order valence-corrected chi connectivity index (χ4v) is 3.96. The highest BCUT2D eigenvalue weighted by molar-refractivity contribution is 9.10. The predicted molar refractivity (Wildman–Crippen MR) is 127 cm³/mol. The van der Waals surface area contributed by atoms with E-state index in [0.717, 1.165) is 10.0 Å². The number of amides is 1. The molecule has 8 nitrogen and oxygen atoms in total. The average Bonchev–Trinajstić information content (AvgIpc) is 3.16. The van der Waals surface area contributed by atoms with Gasteiger partial charge in [0.15, 0.2) is 5.54 Å². The van der Waals surface area contributed by atoms with Crippen LogP contribution in [-0.2, 0) is 16.0 Å². The van der Waals surface area contributed by atoms with E-state index in [2.05, 4.69) is 21.2 Å². The van der Waals surface area contributed by atoms with Crippen molar-refractivity contribution in [3.05, 3.63) is 64.1 Å². The standard InChI is InChI=1S/C24H29BrN2O6/c1-16-24(23(31)26-19(14-29)15-30,13-18-5-2-3-6-21(18)25)27-22(33-16)17-7-9-20(10-8-17)32-12-4-11-28/h2-3,5-10,16,19,28-30H,4,11-15H2,1H3,(H,26,31)/t16-,24-/m1/s1. The van der Waals surface area contributed by atoms with E-state index < -0.39 is 36.8 Å². The molecule has 2 aromatic carbocycles. The molecular weight excluding hydrogens is 492 g/mol. The summed E-state index contributed by atoms with van der Waals surface area (Å²) in [6.07, 6.45) is 0.208. The number of carbonyl (C=O) groups excluding carboxylic acids is 1. The highest BCUT2D eigenvalue weighted by Gasteiger charge is 2.51. The predicted octanol–water partition coefficient (Wildman–Crippen LogP) is 1.83. The minimum atomic E-state index is -1.29. The van der Waals surface area contributed by atoms with Crippen LogP contribution < -0.4 is 10.1 Å². The van der Waals surface area contributed by atoms with Gasteiger partial charge in [0.2, 0.25) is 5.90 Å². The molecule has 0 saturated carbocycles. The van der Waals surface area contributed by atoms with Crippen LogP contribution in [0.5, 0.6) is 5.75 Å². The largest absolute Gasteiger partial charge is 0.494 e. The lowest BCUT2D eigenvalue weighted by Gasteiger charge is -2.30. The Balaban J connectivity index is 1.93. The second-order valence-electron chi connectivity index (χ2n) is 7.86. The third-order valence-corrected chi connectivity index (χ3v) is 6.30. The van der Waals surface area contributed by atoms with Gasteiger partial charge in [-0.15, -0.1) is 0 Å². The Morgan fingerprint density at radius 2 is 1.88 bits per heavy atom. The monoisotopic (exact) mass is 520 g/mol. The van der Waals surface area contributed by atoms with Crippen LogP contribution in [0.3, 0.4) is 0 Å². The van der Waals surface area contributed by atoms with Crippen LogP contribution in [0.2, 0.25) is 0 Å². The minimum Gasteiger partial charge on any atom is -0.494 e. The molecule has 2 aromatic rings. The summed E-state index contributed by atoms with van der Waals surface area (Å²) in [6, 6.07) is 14.0. The van der Waals surface area contributed by atoms with Crippen LogP contribution in [0.1, 0.15) is 24.5 Å². The van der Waals surface area contributed by atoms with Crippen molar-refractivity contribution in [3.8, 4) is 5.75 Å². The normalized spacial score (nSPS) is 19.8. The Hall–Kier alpha value is -2.46. The Labute approximate surface area is 201 Å². The summed E-state index contributed by atoms with van der Waals surface area (Å²) < 4.78 is 12.5. The van der Waals surface area contributed by atoms with Crippen LogP contribution in [0.4, 0.5) is 0 Å². The Kier molecular flexibility index (Phi) is 8.85. The molecule has 4 N–H and O–H groups in total. The third-order valence-electron chi connectivity index (χ3n) is 5.52. The van der Waals surface area contributed by atoms with Crippen LogP contribution in [0, 0.1) is 0 Å². The number of nitrogens with one attached hydrogen (secondary N) is 1. The molecule has 0 unspecified atom stereocenters. The van der Waals surface area contributed by atoms with Crippen molar-refractivity contribution >= 4 is 27.7 Å². The van der Waals surface area contributed by atoms with Gasteiger partial charge in [0.05, 0.1) is 25.9 Å². The van der Waals surface area contributed by atoms with Gasteiger partial charge in [0, 0.05) is 29.5 Å². The van der Waals surface area contributed by atoms with E-state index in [1.165, 1.54) is 0 Å². The first kappa shape index (κ1) is 25.2. The molecule has 1 heterocycles. The number of aliphatic hydroxyl groups excluding tert-OH is 3. The van der Waals surface area contributed by atoms with Gasteiger partial charge in [-0.1, -0.05) is 34.1 Å². The third kappa shape index (κ3) is 5.92. The summed E-state index contributed by atoms with van der Waals surface area (Å²) in [5, 5.41) is 30.5. The second-order valence-corrected chi connectivity index (χ2v) is 8.71. The Morgan fingerprint density at radius 3 is 2.52 bits per heavy atom. The van der Waals surface area contributed by atoms with Crippen LogP contribution in [-0.4, -0.2) is 71.2 Å². The van der Waals surface area contributed by atoms with Crippen molar-refractivity contribution in [3.63, 3.8) is 0 Å². The van der Waals surface area contributed by atoms with E-state index in [-0.39, 0.29) is 13.0 Å². The van der Waals surface area contributed by atoms with E-state index >= 15 is 0 Å². The van der Waals surface area contributed by atoms with Crippen molar-refractivity contribution in [2.24, 2.45) is 4.99 Å². The van der Waals surface area contributed by atoms with Gasteiger partial charge in [-0.25, -0.2) is 4.99 Å². The van der Waals surface area contributed by atoms with Gasteiger partial charge in [0.25, 0.3) is 5.91 Å². The number of nitrogens with zero attached hydrogens (tertiary/aromatic N) is 1. The van der Waals surface area contributed by atoms with Gasteiger partial charge in [0.1, 0.15) is 11.9 Å². The summed E-state index contributed by atoms with van der Waals surface area (Å²) in [7, 11) is 0. The van der Waals surface area contributed by atoms with Crippen LogP contribution >= 0.6 is 15.9 Å². The number of aliphatic imine (C=N–C) groups is 1. The lowest BCUT2D eigenvalue weighted by molar-refractivity contribution is -0.129. The highest BCUT2D eigenvalue weighted by Crippen LogP contribution is 2.34. The van der Waals surface area contributed by atoms with Crippen molar-refractivity contribution in [1.82, 2.24) is 5.32 Å². The quantitative estimate of drug-likeness (QED) is 0.335. The van der Waals surface area contributed by atoms with Gasteiger partial charge in [-0.05, 0) is 42.8 Å². The number of hydrogen-bond donors (Lipinski definition) is 4. The van der Waals surface area contributed by atoms with Crippen molar-refractivity contribution in [2.75, 3.05) is 26.4 Å². The molecule has 0 bridgehead atoms. The second kappa shape index (κ2) is 11.6. The van der Waals surface area contributed by atoms with Crippen molar-refractivity contribution in [1.29, 1.82) is 0 Å². The Bertz CT molecular complexity index is 964. The summed E-state index contributed by atoms with van der Waals surface area (Å²) >= 11 is 3.54. The molecule has 0 radical (unpaired) electrons. The fraction of sp³-hybridized carbons (Fsp3) is 0.417. The van der Waals surface area contributed by atoms with E-state index in [0.29, 0.717) is 30.2 Å². The van der Waals surface area contributed by atoms with Gasteiger partial charge in [-0.2, -0.15) is 0 Å². The molecule has 178 valence electrons. The maximum atomic E-state index is 13.4. The first-order chi connectivity index (χ1) is 15.9. The van der Waals surface area contributed by atoms with E-state index in [1.54, 1.807) is 31.2 Å². The molecule has 0 saturated heterocycles. The van der Waals surface area contributed by atoms with E-state index in [9.17, 15) is 15.0 Å². The molecule has 3 rings (SSSR count).